The van der Waals surface area contributed by atoms with Gasteiger partial charge in [0.2, 0.25) is 0 Å². The first kappa shape index (κ1) is 13.2. The van der Waals surface area contributed by atoms with Crippen molar-refractivity contribution in [3.63, 3.8) is 0 Å². The van der Waals surface area contributed by atoms with Gasteiger partial charge >= 0.3 is 8.56 Å². The minimum Gasteiger partial charge on any atom is -0.394 e. The molecule has 0 spiro atoms. The fraction of sp³-hybridized carbons (Fsp3) is 0.385. The van der Waals surface area contributed by atoms with Gasteiger partial charge in [-0.05, 0) is 16.8 Å². The largest absolute Gasteiger partial charge is 0.394 e. The standard InChI is InChI=1S/C13H20O2Si/c1-5-10-16(14-3,15-4)13-9-7-8-12(6-2)11-13/h6-9,11H,2,5,10H2,1,3-4H3. The summed E-state index contributed by atoms with van der Waals surface area (Å²) in [6.45, 7) is 5.94. The molecule has 0 radical (unpaired) electrons. The molecule has 1 aromatic carbocycles. The third kappa shape index (κ3) is 2.61. The van der Waals surface area contributed by atoms with E-state index in [1.807, 2.05) is 18.2 Å². The summed E-state index contributed by atoms with van der Waals surface area (Å²) in [6, 6.07) is 9.24. The van der Waals surface area contributed by atoms with Crippen molar-refractivity contribution < 1.29 is 8.85 Å². The first-order valence-electron chi connectivity index (χ1n) is 5.55. The van der Waals surface area contributed by atoms with Gasteiger partial charge in [0, 0.05) is 14.2 Å². The van der Waals surface area contributed by atoms with E-state index in [4.69, 9.17) is 8.85 Å². The van der Waals surface area contributed by atoms with E-state index in [-0.39, 0.29) is 0 Å². The van der Waals surface area contributed by atoms with E-state index >= 15 is 0 Å². The zero-order valence-corrected chi connectivity index (χ0v) is 11.3. The number of hydrogen-bond donors (Lipinski definition) is 0. The van der Waals surface area contributed by atoms with Crippen LogP contribution in [-0.4, -0.2) is 22.8 Å². The molecule has 0 unspecified atom stereocenters. The third-order valence-electron chi connectivity index (χ3n) is 2.80. The second-order valence-corrected chi connectivity index (χ2v) is 7.14. The van der Waals surface area contributed by atoms with Crippen LogP contribution in [0.4, 0.5) is 0 Å². The second kappa shape index (κ2) is 5.99. The minimum atomic E-state index is -2.21. The number of benzene rings is 1. The summed E-state index contributed by atoms with van der Waals surface area (Å²) in [5.41, 5.74) is 1.11. The van der Waals surface area contributed by atoms with Crippen LogP contribution in [0.3, 0.4) is 0 Å². The van der Waals surface area contributed by atoms with Gasteiger partial charge in [-0.15, -0.1) is 0 Å². The zero-order valence-electron chi connectivity index (χ0n) is 10.3. The Labute approximate surface area is 99.2 Å². The maximum absolute atomic E-state index is 5.70. The lowest BCUT2D eigenvalue weighted by molar-refractivity contribution is 0.257. The molecule has 16 heavy (non-hydrogen) atoms. The van der Waals surface area contributed by atoms with E-state index in [1.165, 1.54) is 5.19 Å². The lowest BCUT2D eigenvalue weighted by atomic mass is 10.2. The summed E-state index contributed by atoms with van der Waals surface area (Å²) in [6.07, 6.45) is 2.91. The number of hydrogen-bond acceptors (Lipinski definition) is 2. The van der Waals surface area contributed by atoms with Gasteiger partial charge in [-0.3, -0.25) is 0 Å². The molecule has 1 rings (SSSR count). The monoisotopic (exact) mass is 236 g/mol. The highest BCUT2D eigenvalue weighted by Gasteiger charge is 2.36. The SMILES string of the molecule is C=Cc1cccc([Si](CCC)(OC)OC)c1. The summed E-state index contributed by atoms with van der Waals surface area (Å²) in [7, 11) is 1.27. The zero-order chi connectivity index (χ0) is 12.0. The summed E-state index contributed by atoms with van der Waals surface area (Å²) < 4.78 is 11.4. The van der Waals surface area contributed by atoms with Gasteiger partial charge in [0.25, 0.3) is 0 Å². The molecule has 0 atom stereocenters. The van der Waals surface area contributed by atoms with Gasteiger partial charge in [0.1, 0.15) is 0 Å². The predicted octanol–water partition coefficient (Wildman–Crippen LogP) is 2.68. The Morgan fingerprint density at radius 3 is 2.50 bits per heavy atom. The van der Waals surface area contributed by atoms with Gasteiger partial charge < -0.3 is 8.85 Å². The van der Waals surface area contributed by atoms with Crippen molar-refractivity contribution in [2.75, 3.05) is 14.2 Å². The summed E-state index contributed by atoms with van der Waals surface area (Å²) in [5.74, 6) is 0. The van der Waals surface area contributed by atoms with Crippen molar-refractivity contribution in [2.24, 2.45) is 0 Å². The van der Waals surface area contributed by atoms with Crippen LogP contribution < -0.4 is 5.19 Å². The van der Waals surface area contributed by atoms with Crippen LogP contribution in [0.15, 0.2) is 30.8 Å². The topological polar surface area (TPSA) is 18.5 Å². The average molecular weight is 236 g/mol. The second-order valence-electron chi connectivity index (χ2n) is 3.74. The maximum Gasteiger partial charge on any atom is 0.372 e. The molecule has 2 nitrogen and oxygen atoms in total. The van der Waals surface area contributed by atoms with E-state index < -0.39 is 8.56 Å². The molecule has 0 aliphatic carbocycles. The summed E-state index contributed by atoms with van der Waals surface area (Å²) in [4.78, 5) is 0. The molecule has 3 heteroatoms. The van der Waals surface area contributed by atoms with Crippen LogP contribution in [0.2, 0.25) is 6.04 Å². The fourth-order valence-corrected chi connectivity index (χ4v) is 4.63. The highest BCUT2D eigenvalue weighted by molar-refractivity contribution is 6.81. The lowest BCUT2D eigenvalue weighted by Crippen LogP contribution is -2.52. The van der Waals surface area contributed by atoms with E-state index in [1.54, 1.807) is 14.2 Å². The summed E-state index contributed by atoms with van der Waals surface area (Å²) >= 11 is 0. The Morgan fingerprint density at radius 2 is 2.00 bits per heavy atom. The smallest absolute Gasteiger partial charge is 0.372 e. The van der Waals surface area contributed by atoms with Crippen LogP contribution in [-0.2, 0) is 8.85 Å². The third-order valence-corrected chi connectivity index (χ3v) is 6.47. The molecule has 0 aromatic heterocycles. The molecule has 0 bridgehead atoms. The molecule has 1 aromatic rings. The number of rotatable bonds is 6. The summed E-state index contributed by atoms with van der Waals surface area (Å²) in [5, 5.41) is 1.18. The van der Waals surface area contributed by atoms with Crippen LogP contribution >= 0.6 is 0 Å². The Kier molecular flexibility index (Phi) is 4.93. The molecule has 0 amide bonds. The van der Waals surface area contributed by atoms with E-state index in [0.717, 1.165) is 18.0 Å². The Morgan fingerprint density at radius 1 is 1.31 bits per heavy atom. The highest BCUT2D eigenvalue weighted by atomic mass is 28.4. The molecular formula is C13H20O2Si. The van der Waals surface area contributed by atoms with Crippen molar-refractivity contribution in [2.45, 2.75) is 19.4 Å². The maximum atomic E-state index is 5.70. The van der Waals surface area contributed by atoms with Gasteiger partial charge in [0.05, 0.1) is 0 Å². The molecule has 0 heterocycles. The first-order valence-corrected chi connectivity index (χ1v) is 7.58. The van der Waals surface area contributed by atoms with E-state index in [2.05, 4.69) is 25.6 Å². The fourth-order valence-electron chi connectivity index (χ4n) is 1.90. The van der Waals surface area contributed by atoms with Crippen molar-refractivity contribution in [1.29, 1.82) is 0 Å². The molecular weight excluding hydrogens is 216 g/mol. The van der Waals surface area contributed by atoms with Gasteiger partial charge in [-0.1, -0.05) is 50.3 Å². The lowest BCUT2D eigenvalue weighted by Gasteiger charge is -2.27. The van der Waals surface area contributed by atoms with Gasteiger partial charge in [0.15, 0.2) is 0 Å². The molecule has 0 saturated carbocycles. The van der Waals surface area contributed by atoms with Crippen molar-refractivity contribution in [3.05, 3.63) is 36.4 Å². The average Bonchev–Trinajstić information content (AvgIpc) is 2.36. The van der Waals surface area contributed by atoms with Gasteiger partial charge in [-0.25, -0.2) is 0 Å². The normalized spacial score (nSPS) is 11.4. The molecule has 0 N–H and O–H groups in total. The van der Waals surface area contributed by atoms with Crippen LogP contribution in [0.5, 0.6) is 0 Å². The van der Waals surface area contributed by atoms with Crippen molar-refractivity contribution >= 4 is 19.8 Å². The highest BCUT2D eigenvalue weighted by Crippen LogP contribution is 2.15. The Balaban J connectivity index is 3.13. The van der Waals surface area contributed by atoms with Crippen LogP contribution in [0.1, 0.15) is 18.9 Å². The van der Waals surface area contributed by atoms with E-state index in [9.17, 15) is 0 Å². The van der Waals surface area contributed by atoms with Crippen LogP contribution in [0.25, 0.3) is 6.08 Å². The van der Waals surface area contributed by atoms with Gasteiger partial charge in [-0.2, -0.15) is 0 Å². The predicted molar refractivity (Wildman–Crippen MR) is 71.0 cm³/mol. The Bertz CT molecular complexity index is 346. The molecule has 0 aliphatic rings. The van der Waals surface area contributed by atoms with E-state index in [0.29, 0.717) is 0 Å². The Hall–Kier alpha value is -0.903. The van der Waals surface area contributed by atoms with Crippen molar-refractivity contribution in [1.82, 2.24) is 0 Å². The molecule has 0 aliphatic heterocycles. The van der Waals surface area contributed by atoms with Crippen molar-refractivity contribution in [3.8, 4) is 0 Å². The minimum absolute atomic E-state index is 0.973. The molecule has 0 fully saturated rings. The molecule has 88 valence electrons. The van der Waals surface area contributed by atoms with Crippen LogP contribution in [0, 0.1) is 0 Å². The first-order chi connectivity index (χ1) is 7.72. The quantitative estimate of drug-likeness (QED) is 0.707. The molecule has 0 saturated heterocycles.